The molecule has 2 aromatic carbocycles. The first-order valence-corrected chi connectivity index (χ1v) is 11.5. The van der Waals surface area contributed by atoms with Crippen LogP contribution in [-0.4, -0.2) is 37.8 Å². The third-order valence-corrected chi connectivity index (χ3v) is 6.56. The van der Waals surface area contributed by atoms with E-state index in [0.717, 1.165) is 11.8 Å². The van der Waals surface area contributed by atoms with Crippen LogP contribution in [0.2, 0.25) is 0 Å². The fraction of sp³-hybridized carbons (Fsp3) is 0.217. The second-order valence-corrected chi connectivity index (χ2v) is 8.76. The Morgan fingerprint density at radius 1 is 1.21 bits per heavy atom. The standard InChI is InChI=1S/C23H20BrN3O5S/c1-31-17-9-8-13(10-16(17)24)19-15(11-25)22(27-21(29)20(19)23(30)32-2)33-12-18(28)26-14-6-4-3-5-7-14/h3-10,19-20H,12H2,1-2H3,(H,26,28)(H,27,29)/t19-,20+/m0/s1. The van der Waals surface area contributed by atoms with E-state index < -0.39 is 23.7 Å². The predicted molar refractivity (Wildman–Crippen MR) is 127 cm³/mol. The van der Waals surface area contributed by atoms with Gasteiger partial charge in [-0.05, 0) is 45.8 Å². The molecule has 2 aromatic rings. The van der Waals surface area contributed by atoms with Crippen molar-refractivity contribution in [2.24, 2.45) is 5.92 Å². The molecule has 0 radical (unpaired) electrons. The topological polar surface area (TPSA) is 118 Å². The maximum absolute atomic E-state index is 12.9. The van der Waals surface area contributed by atoms with E-state index >= 15 is 0 Å². The van der Waals surface area contributed by atoms with Gasteiger partial charge in [-0.2, -0.15) is 5.26 Å². The summed E-state index contributed by atoms with van der Waals surface area (Å²) in [5.41, 5.74) is 1.35. The zero-order valence-corrected chi connectivity index (χ0v) is 20.2. The van der Waals surface area contributed by atoms with Crippen LogP contribution in [0.5, 0.6) is 5.75 Å². The molecule has 0 fully saturated rings. The number of allylic oxidation sites excluding steroid dienone is 1. The van der Waals surface area contributed by atoms with Crippen LogP contribution in [0.1, 0.15) is 11.5 Å². The number of methoxy groups -OCH3 is 2. The first-order valence-electron chi connectivity index (χ1n) is 9.73. The predicted octanol–water partition coefficient (Wildman–Crippen LogP) is 3.57. The van der Waals surface area contributed by atoms with Crippen molar-refractivity contribution in [2.75, 3.05) is 25.3 Å². The number of nitrogens with one attached hydrogen (secondary N) is 2. The first-order chi connectivity index (χ1) is 15.9. The molecule has 1 aliphatic rings. The maximum atomic E-state index is 12.9. The molecule has 0 saturated heterocycles. The Bertz CT molecular complexity index is 1150. The molecule has 10 heteroatoms. The SMILES string of the molecule is COC(=O)[C@H]1C(=O)NC(SCC(=O)Nc2ccccc2)=C(C#N)[C@@H]1c1ccc(OC)c(Br)c1. The molecule has 0 bridgehead atoms. The molecular weight excluding hydrogens is 510 g/mol. The van der Waals surface area contributed by atoms with Crippen LogP contribution < -0.4 is 15.4 Å². The lowest BCUT2D eigenvalue weighted by atomic mass is 9.78. The number of benzene rings is 2. The van der Waals surface area contributed by atoms with Gasteiger partial charge in [0.1, 0.15) is 11.7 Å². The summed E-state index contributed by atoms with van der Waals surface area (Å²) in [6.07, 6.45) is 0. The minimum atomic E-state index is -1.26. The van der Waals surface area contributed by atoms with E-state index in [1.165, 1.54) is 14.2 Å². The van der Waals surface area contributed by atoms with Gasteiger partial charge in [0.2, 0.25) is 11.8 Å². The van der Waals surface area contributed by atoms with Crippen molar-refractivity contribution in [1.82, 2.24) is 5.32 Å². The molecule has 1 heterocycles. The summed E-state index contributed by atoms with van der Waals surface area (Å²) in [6.45, 7) is 0. The van der Waals surface area contributed by atoms with Gasteiger partial charge in [0, 0.05) is 11.6 Å². The van der Waals surface area contributed by atoms with E-state index in [0.29, 0.717) is 21.5 Å². The molecule has 1 aliphatic heterocycles. The van der Waals surface area contributed by atoms with Crippen molar-refractivity contribution >= 4 is 51.2 Å². The van der Waals surface area contributed by atoms with Crippen molar-refractivity contribution < 1.29 is 23.9 Å². The summed E-state index contributed by atoms with van der Waals surface area (Å²) in [7, 11) is 2.70. The molecule has 8 nitrogen and oxygen atoms in total. The smallest absolute Gasteiger partial charge is 0.319 e. The Morgan fingerprint density at radius 2 is 1.94 bits per heavy atom. The fourth-order valence-corrected chi connectivity index (χ4v) is 4.82. The number of rotatable bonds is 7. The number of hydrogen-bond donors (Lipinski definition) is 2. The molecule has 0 aromatic heterocycles. The largest absolute Gasteiger partial charge is 0.496 e. The number of thioether (sulfide) groups is 1. The van der Waals surface area contributed by atoms with Crippen LogP contribution >= 0.6 is 27.7 Å². The van der Waals surface area contributed by atoms with Gasteiger partial charge in [0.05, 0.1) is 41.1 Å². The van der Waals surface area contributed by atoms with Crippen LogP contribution in [0.3, 0.4) is 0 Å². The zero-order valence-electron chi connectivity index (χ0n) is 17.8. The molecular formula is C23H20BrN3O5S. The summed E-state index contributed by atoms with van der Waals surface area (Å²) < 4.78 is 10.7. The molecule has 3 rings (SSSR count). The Morgan fingerprint density at radius 3 is 2.55 bits per heavy atom. The lowest BCUT2D eigenvalue weighted by Gasteiger charge is -2.31. The quantitative estimate of drug-likeness (QED) is 0.415. The molecule has 33 heavy (non-hydrogen) atoms. The molecule has 0 saturated carbocycles. The Labute approximate surface area is 203 Å². The number of halogens is 1. The summed E-state index contributed by atoms with van der Waals surface area (Å²) in [6, 6.07) is 16.1. The van der Waals surface area contributed by atoms with Gasteiger partial charge < -0.3 is 20.1 Å². The van der Waals surface area contributed by atoms with Gasteiger partial charge in [-0.3, -0.25) is 14.4 Å². The average molecular weight is 530 g/mol. The molecule has 0 spiro atoms. The number of esters is 1. The highest BCUT2D eigenvalue weighted by Crippen LogP contribution is 2.42. The van der Waals surface area contributed by atoms with Gasteiger partial charge in [-0.1, -0.05) is 36.0 Å². The van der Waals surface area contributed by atoms with Crippen LogP contribution in [0.25, 0.3) is 0 Å². The molecule has 2 N–H and O–H groups in total. The minimum absolute atomic E-state index is 0.0440. The van der Waals surface area contributed by atoms with E-state index in [9.17, 15) is 19.6 Å². The van der Waals surface area contributed by atoms with Crippen LogP contribution in [0, 0.1) is 17.2 Å². The highest BCUT2D eigenvalue weighted by atomic mass is 79.9. The lowest BCUT2D eigenvalue weighted by Crippen LogP contribution is -2.44. The summed E-state index contributed by atoms with van der Waals surface area (Å²) in [4.78, 5) is 37.7. The zero-order chi connectivity index (χ0) is 24.0. The van der Waals surface area contributed by atoms with Gasteiger partial charge in [0.15, 0.2) is 0 Å². The van der Waals surface area contributed by atoms with Crippen molar-refractivity contribution in [3.05, 3.63) is 69.2 Å². The highest BCUT2D eigenvalue weighted by Gasteiger charge is 2.44. The van der Waals surface area contributed by atoms with Crippen molar-refractivity contribution in [2.45, 2.75) is 5.92 Å². The minimum Gasteiger partial charge on any atom is -0.496 e. The third kappa shape index (κ3) is 5.56. The average Bonchev–Trinajstić information content (AvgIpc) is 2.82. The monoisotopic (exact) mass is 529 g/mol. The Hall–Kier alpha value is -3.29. The summed E-state index contributed by atoms with van der Waals surface area (Å²) in [5.74, 6) is -3.30. The molecule has 0 aliphatic carbocycles. The Kier molecular flexibility index (Phi) is 8.14. The number of carbonyl (C=O) groups excluding carboxylic acids is 3. The maximum Gasteiger partial charge on any atom is 0.319 e. The van der Waals surface area contributed by atoms with E-state index in [1.807, 2.05) is 6.07 Å². The number of para-hydroxylation sites is 1. The highest BCUT2D eigenvalue weighted by molar-refractivity contribution is 9.10. The van der Waals surface area contributed by atoms with Crippen molar-refractivity contribution in [1.29, 1.82) is 5.26 Å². The number of hydrogen-bond acceptors (Lipinski definition) is 7. The van der Waals surface area contributed by atoms with Crippen molar-refractivity contribution in [3.8, 4) is 11.8 Å². The molecule has 0 unspecified atom stereocenters. The van der Waals surface area contributed by atoms with Gasteiger partial charge in [0.25, 0.3) is 0 Å². The van der Waals surface area contributed by atoms with Crippen molar-refractivity contribution in [3.63, 3.8) is 0 Å². The van der Waals surface area contributed by atoms with Crippen LogP contribution in [0.15, 0.2) is 63.6 Å². The summed E-state index contributed by atoms with van der Waals surface area (Å²) in [5, 5.41) is 15.5. The lowest BCUT2D eigenvalue weighted by molar-refractivity contribution is -0.150. The second kappa shape index (κ2) is 11.0. The number of amides is 2. The van der Waals surface area contributed by atoms with E-state index in [2.05, 4.69) is 32.6 Å². The summed E-state index contributed by atoms with van der Waals surface area (Å²) >= 11 is 4.42. The third-order valence-electron chi connectivity index (χ3n) is 4.92. The normalized spacial score (nSPS) is 17.6. The van der Waals surface area contributed by atoms with Crippen LogP contribution in [0.4, 0.5) is 5.69 Å². The first kappa shape index (κ1) is 24.4. The number of anilines is 1. The molecule has 2 atom stereocenters. The van der Waals surface area contributed by atoms with E-state index in [-0.39, 0.29) is 22.3 Å². The second-order valence-electron chi connectivity index (χ2n) is 6.92. The number of nitriles is 1. The van der Waals surface area contributed by atoms with Gasteiger partial charge >= 0.3 is 5.97 Å². The Balaban J connectivity index is 1.94. The van der Waals surface area contributed by atoms with Crippen LogP contribution in [-0.2, 0) is 19.1 Å². The molecule has 170 valence electrons. The molecule has 2 amide bonds. The van der Waals surface area contributed by atoms with Gasteiger partial charge in [-0.15, -0.1) is 0 Å². The number of nitrogens with zero attached hydrogens (tertiary/aromatic N) is 1. The number of carbonyl (C=O) groups is 3. The van der Waals surface area contributed by atoms with E-state index in [1.54, 1.807) is 42.5 Å². The number of ether oxygens (including phenoxy) is 2. The van der Waals surface area contributed by atoms with E-state index in [4.69, 9.17) is 9.47 Å². The van der Waals surface area contributed by atoms with Gasteiger partial charge in [-0.25, -0.2) is 0 Å². The fourth-order valence-electron chi connectivity index (χ4n) is 3.41.